The summed E-state index contributed by atoms with van der Waals surface area (Å²) in [6.07, 6.45) is 13.0. The Labute approximate surface area is 300 Å². The maximum Gasteiger partial charge on any atom is 0.220 e. The summed E-state index contributed by atoms with van der Waals surface area (Å²) in [7, 11) is 6.85. The number of hydroxylamine groups is 3. The lowest BCUT2D eigenvalue weighted by Gasteiger charge is -2.45. The summed E-state index contributed by atoms with van der Waals surface area (Å²) in [5.74, 6) is 0.450. The van der Waals surface area contributed by atoms with E-state index in [9.17, 15) is 0 Å². The third-order valence-corrected chi connectivity index (χ3v) is 11.5. The van der Waals surface area contributed by atoms with Crippen LogP contribution in [0.3, 0.4) is 0 Å². The SMILES string of the molecule is CNO.COC1CCC2(CC1)Cc1ccc(Br)cc1C21N=C(N)N(C)O1.COC1CCC2(CC1)Cc1ccc(Br)cc1C2=NC#N.Cl. The van der Waals surface area contributed by atoms with Gasteiger partial charge in [-0.1, -0.05) is 44.0 Å². The van der Waals surface area contributed by atoms with Crippen LogP contribution in [0.25, 0.3) is 0 Å². The molecule has 0 bridgehead atoms. The smallest absolute Gasteiger partial charge is 0.220 e. The van der Waals surface area contributed by atoms with Gasteiger partial charge >= 0.3 is 0 Å². The molecule has 4 aliphatic carbocycles. The Morgan fingerprint density at radius 3 is 2.09 bits per heavy atom. The number of nitrogens with two attached hydrogens (primary N) is 1. The second kappa shape index (κ2) is 15.6. The molecule has 7 rings (SSSR count). The van der Waals surface area contributed by atoms with Crippen molar-refractivity contribution in [3.63, 3.8) is 0 Å². The van der Waals surface area contributed by atoms with Crippen molar-refractivity contribution in [3.05, 3.63) is 67.6 Å². The number of benzene rings is 2. The van der Waals surface area contributed by atoms with Gasteiger partial charge in [0.25, 0.3) is 0 Å². The number of hydrogen-bond donors (Lipinski definition) is 3. The van der Waals surface area contributed by atoms with E-state index < -0.39 is 5.72 Å². The normalized spacial score (nSPS) is 30.9. The van der Waals surface area contributed by atoms with Crippen molar-refractivity contribution in [1.82, 2.24) is 10.5 Å². The van der Waals surface area contributed by atoms with Crippen LogP contribution in [-0.4, -0.2) is 62.5 Å². The van der Waals surface area contributed by atoms with Crippen LogP contribution in [0.1, 0.15) is 73.6 Å². The summed E-state index contributed by atoms with van der Waals surface area (Å²) in [6.45, 7) is 0. The number of nitrogens with zero attached hydrogens (tertiary/aromatic N) is 4. The van der Waals surface area contributed by atoms with Gasteiger partial charge in [0.15, 0.2) is 0 Å². The first-order chi connectivity index (χ1) is 22.1. The molecule has 2 saturated carbocycles. The molecule has 2 aromatic carbocycles. The Bertz CT molecular complexity index is 1520. The number of nitriles is 1. The number of nitrogens with one attached hydrogen (secondary N) is 1. The highest BCUT2D eigenvalue weighted by molar-refractivity contribution is 9.10. The number of fused-ring (bicyclic) bond motifs is 4. The molecule has 1 atom stereocenters. The van der Waals surface area contributed by atoms with Crippen molar-refractivity contribution < 1.29 is 19.5 Å². The zero-order valence-electron chi connectivity index (χ0n) is 27.4. The van der Waals surface area contributed by atoms with E-state index in [1.807, 2.05) is 13.2 Å². The van der Waals surface area contributed by atoms with Crippen LogP contribution >= 0.6 is 44.3 Å². The predicted molar refractivity (Wildman–Crippen MR) is 191 cm³/mol. The summed E-state index contributed by atoms with van der Waals surface area (Å²) in [5, 5.41) is 18.0. The Balaban J connectivity index is 0.000000194. The Morgan fingerprint density at radius 1 is 1.00 bits per heavy atom. The van der Waals surface area contributed by atoms with Crippen molar-refractivity contribution >= 4 is 55.9 Å². The van der Waals surface area contributed by atoms with E-state index in [0.29, 0.717) is 18.2 Å². The van der Waals surface area contributed by atoms with E-state index in [4.69, 9.17) is 35.5 Å². The molecule has 256 valence electrons. The predicted octanol–water partition coefficient (Wildman–Crippen LogP) is 6.79. The molecule has 0 radical (unpaired) electrons. The molecule has 0 aromatic heterocycles. The van der Waals surface area contributed by atoms with Crippen LogP contribution in [0, 0.1) is 22.3 Å². The molecule has 47 heavy (non-hydrogen) atoms. The van der Waals surface area contributed by atoms with E-state index in [0.717, 1.165) is 90.0 Å². The van der Waals surface area contributed by atoms with Gasteiger partial charge in [0.2, 0.25) is 17.9 Å². The van der Waals surface area contributed by atoms with Gasteiger partial charge in [-0.25, -0.2) is 20.4 Å². The first kappa shape index (κ1) is 37.7. The highest BCUT2D eigenvalue weighted by Crippen LogP contribution is 2.62. The highest BCUT2D eigenvalue weighted by Gasteiger charge is 2.63. The van der Waals surface area contributed by atoms with Crippen LogP contribution < -0.4 is 11.2 Å². The highest BCUT2D eigenvalue weighted by atomic mass is 79.9. The van der Waals surface area contributed by atoms with Gasteiger partial charge in [0, 0.05) is 59.2 Å². The fraction of sp³-hybridized carbons (Fsp3) is 0.559. The first-order valence-electron chi connectivity index (χ1n) is 15.8. The topological polar surface area (TPSA) is 138 Å². The van der Waals surface area contributed by atoms with Crippen LogP contribution in [0.15, 0.2) is 55.3 Å². The molecule has 3 spiro atoms. The van der Waals surface area contributed by atoms with Gasteiger partial charge in [-0.3, -0.25) is 0 Å². The van der Waals surface area contributed by atoms with Gasteiger partial charge in [-0.2, -0.15) is 10.3 Å². The van der Waals surface area contributed by atoms with E-state index in [1.54, 1.807) is 24.8 Å². The molecule has 10 nitrogen and oxygen atoms in total. The van der Waals surface area contributed by atoms with Crippen molar-refractivity contribution in [2.75, 3.05) is 28.3 Å². The Kier molecular flexibility index (Phi) is 12.6. The molecule has 1 unspecified atom stereocenters. The minimum absolute atomic E-state index is 0. The minimum Gasteiger partial charge on any atom is -0.381 e. The number of hydrogen-bond acceptors (Lipinski definition) is 10. The number of rotatable bonds is 2. The minimum atomic E-state index is -0.691. The van der Waals surface area contributed by atoms with Crippen LogP contribution in [0.2, 0.25) is 0 Å². The second-order valence-electron chi connectivity index (χ2n) is 12.9. The monoisotopic (exact) mass is 794 g/mol. The van der Waals surface area contributed by atoms with E-state index >= 15 is 0 Å². The third-order valence-electron chi connectivity index (χ3n) is 10.5. The average Bonchev–Trinajstić information content (AvgIpc) is 3.61. The number of methoxy groups -OCH3 is 2. The van der Waals surface area contributed by atoms with Gasteiger partial charge in [-0.15, -0.1) is 12.4 Å². The summed E-state index contributed by atoms with van der Waals surface area (Å²) >= 11 is 7.11. The number of guanidine groups is 1. The second-order valence-corrected chi connectivity index (χ2v) is 14.7. The molecule has 0 amide bonds. The molecule has 13 heteroatoms. The zero-order chi connectivity index (χ0) is 33.1. The van der Waals surface area contributed by atoms with Crippen LogP contribution in [-0.2, 0) is 32.9 Å². The van der Waals surface area contributed by atoms with Crippen LogP contribution in [0.5, 0.6) is 0 Å². The summed E-state index contributed by atoms with van der Waals surface area (Å²) < 4.78 is 13.1. The zero-order valence-corrected chi connectivity index (χ0v) is 31.4. The van der Waals surface area contributed by atoms with Crippen molar-refractivity contribution in [3.8, 4) is 6.19 Å². The fourth-order valence-corrected chi connectivity index (χ4v) is 8.91. The molecule has 0 saturated heterocycles. The standard InChI is InChI=1S/C17H22BrN3O2.C16H17BrN2O.CH5NO.ClH/c1-21-15(19)20-17(23-21)14-9-12(18)4-3-11(14)10-16(17)7-5-13(22-2)6-8-16;1-20-13-4-6-16(7-5-13)9-11-2-3-12(17)8-14(11)15(16)19-10-18;1-2-3;/h3-4,9,13H,5-8,10H2,1-2H3,(H2,19,20);2-3,8,13H,4-7,9H2,1H3;2-3H,1H3;1H. The third kappa shape index (κ3) is 7.15. The van der Waals surface area contributed by atoms with Gasteiger partial charge < -0.3 is 20.4 Å². The van der Waals surface area contributed by atoms with E-state index in [2.05, 4.69) is 73.3 Å². The maximum atomic E-state index is 9.06. The molecular weight excluding hydrogens is 752 g/mol. The van der Waals surface area contributed by atoms with Crippen molar-refractivity contribution in [2.45, 2.75) is 82.1 Å². The molecule has 1 heterocycles. The molecule has 2 aromatic rings. The summed E-state index contributed by atoms with van der Waals surface area (Å²) in [4.78, 5) is 15.4. The number of aliphatic imine (C=N–C) groups is 2. The molecule has 5 aliphatic rings. The number of halogens is 3. The molecule has 1 aliphatic heterocycles. The van der Waals surface area contributed by atoms with Crippen molar-refractivity contribution in [1.29, 1.82) is 5.26 Å². The van der Waals surface area contributed by atoms with Crippen LogP contribution in [0.4, 0.5) is 0 Å². The molecule has 2 fully saturated rings. The molecule has 4 N–H and O–H groups in total. The van der Waals surface area contributed by atoms with Gasteiger partial charge in [-0.05, 0) is 99.6 Å². The lowest BCUT2D eigenvalue weighted by atomic mass is 9.66. The Morgan fingerprint density at radius 2 is 1.55 bits per heavy atom. The summed E-state index contributed by atoms with van der Waals surface area (Å²) in [5.41, 5.74) is 13.1. The lowest BCUT2D eigenvalue weighted by Crippen LogP contribution is -2.46. The van der Waals surface area contributed by atoms with E-state index in [1.165, 1.54) is 18.2 Å². The first-order valence-corrected chi connectivity index (χ1v) is 17.4. The van der Waals surface area contributed by atoms with Gasteiger partial charge in [0.1, 0.15) is 0 Å². The van der Waals surface area contributed by atoms with E-state index in [-0.39, 0.29) is 23.2 Å². The fourth-order valence-electron chi connectivity index (χ4n) is 8.18. The Hall–Kier alpha value is -2.08. The molecular formula is C34H45Br2ClN6O4. The van der Waals surface area contributed by atoms with Gasteiger partial charge in [0.05, 0.1) is 17.9 Å². The largest absolute Gasteiger partial charge is 0.381 e. The quantitative estimate of drug-likeness (QED) is 0.223. The van der Waals surface area contributed by atoms with Crippen molar-refractivity contribution in [2.24, 2.45) is 26.5 Å². The number of ether oxygens (including phenoxy) is 2. The maximum absolute atomic E-state index is 9.06. The average molecular weight is 797 g/mol. The lowest BCUT2D eigenvalue weighted by molar-refractivity contribution is -0.232. The summed E-state index contributed by atoms with van der Waals surface area (Å²) in [6, 6.07) is 12.8.